The summed E-state index contributed by atoms with van der Waals surface area (Å²) >= 11 is 3.30. The fraction of sp³-hybridized carbons (Fsp3) is 0.154. The van der Waals surface area contributed by atoms with Gasteiger partial charge in [0.1, 0.15) is 11.8 Å². The highest BCUT2D eigenvalue weighted by Gasteiger charge is 2.16. The Bertz CT molecular complexity index is 508. The monoisotopic (exact) mass is 309 g/mol. The van der Waals surface area contributed by atoms with Gasteiger partial charge >= 0.3 is 0 Å². The molecule has 1 unspecified atom stereocenters. The number of hydrogen-bond donors (Lipinski definition) is 2. The van der Waals surface area contributed by atoms with Crippen molar-refractivity contribution < 1.29 is 14.3 Å². The van der Waals surface area contributed by atoms with Crippen LogP contribution in [0.1, 0.15) is 22.2 Å². The molecule has 1 amide bonds. The fourth-order valence-electron chi connectivity index (χ4n) is 1.54. The van der Waals surface area contributed by atoms with E-state index in [9.17, 15) is 9.90 Å². The zero-order valence-corrected chi connectivity index (χ0v) is 11.1. The van der Waals surface area contributed by atoms with E-state index in [1.807, 2.05) is 0 Å². The highest BCUT2D eigenvalue weighted by molar-refractivity contribution is 9.10. The second kappa shape index (κ2) is 5.84. The first-order valence-corrected chi connectivity index (χ1v) is 6.20. The fourth-order valence-corrected chi connectivity index (χ4v) is 1.80. The van der Waals surface area contributed by atoms with Crippen LogP contribution in [-0.2, 0) is 0 Å². The van der Waals surface area contributed by atoms with Crippen LogP contribution < -0.4 is 5.32 Å². The summed E-state index contributed by atoms with van der Waals surface area (Å²) in [5, 5.41) is 12.0. The van der Waals surface area contributed by atoms with Crippen LogP contribution in [0.25, 0.3) is 0 Å². The maximum atomic E-state index is 11.9. The van der Waals surface area contributed by atoms with Crippen molar-refractivity contribution in [1.82, 2.24) is 5.32 Å². The second-order valence-corrected chi connectivity index (χ2v) is 4.65. The van der Waals surface area contributed by atoms with Crippen molar-refractivity contribution in [1.29, 1.82) is 0 Å². The van der Waals surface area contributed by atoms with E-state index in [2.05, 4.69) is 21.2 Å². The summed E-state index contributed by atoms with van der Waals surface area (Å²) in [6.45, 7) is -0.213. The molecular weight excluding hydrogens is 298 g/mol. The van der Waals surface area contributed by atoms with Crippen LogP contribution >= 0.6 is 15.9 Å². The lowest BCUT2D eigenvalue weighted by Crippen LogP contribution is -2.30. The van der Waals surface area contributed by atoms with E-state index < -0.39 is 6.04 Å². The highest BCUT2D eigenvalue weighted by Crippen LogP contribution is 2.15. The van der Waals surface area contributed by atoms with Crippen LogP contribution in [0.5, 0.6) is 0 Å². The average molecular weight is 310 g/mol. The third-order valence-electron chi connectivity index (χ3n) is 2.48. The molecule has 2 rings (SSSR count). The van der Waals surface area contributed by atoms with Crippen molar-refractivity contribution in [3.63, 3.8) is 0 Å². The molecule has 0 aliphatic heterocycles. The second-order valence-electron chi connectivity index (χ2n) is 3.73. The van der Waals surface area contributed by atoms with Crippen LogP contribution in [0.15, 0.2) is 51.6 Å². The average Bonchev–Trinajstić information content (AvgIpc) is 2.90. The minimum absolute atomic E-state index is 0.213. The van der Waals surface area contributed by atoms with Crippen LogP contribution in [-0.4, -0.2) is 17.6 Å². The number of carbonyl (C=O) groups is 1. The molecule has 2 aromatic rings. The predicted molar refractivity (Wildman–Crippen MR) is 70.1 cm³/mol. The van der Waals surface area contributed by atoms with Crippen molar-refractivity contribution in [2.75, 3.05) is 6.61 Å². The van der Waals surface area contributed by atoms with Gasteiger partial charge in [-0.3, -0.25) is 4.79 Å². The standard InChI is InChI=1S/C13H12BrNO3/c14-10-5-3-9(4-6-10)13(17)15-11(8-16)12-2-1-7-18-12/h1-7,11,16H,8H2,(H,15,17). The van der Waals surface area contributed by atoms with Crippen LogP contribution in [0.4, 0.5) is 0 Å². The number of carbonyl (C=O) groups excluding carboxylic acids is 1. The van der Waals surface area contributed by atoms with Crippen molar-refractivity contribution >= 4 is 21.8 Å². The summed E-state index contributed by atoms with van der Waals surface area (Å²) in [4.78, 5) is 11.9. The SMILES string of the molecule is O=C(NC(CO)c1ccco1)c1ccc(Br)cc1. The van der Waals surface area contributed by atoms with E-state index >= 15 is 0 Å². The lowest BCUT2D eigenvalue weighted by atomic mass is 10.2. The van der Waals surface area contributed by atoms with E-state index in [4.69, 9.17) is 4.42 Å². The summed E-state index contributed by atoms with van der Waals surface area (Å²) in [6.07, 6.45) is 1.50. The number of hydrogen-bond acceptors (Lipinski definition) is 3. The smallest absolute Gasteiger partial charge is 0.251 e. The number of nitrogens with one attached hydrogen (secondary N) is 1. The molecule has 4 nitrogen and oxygen atoms in total. The molecule has 1 aromatic heterocycles. The summed E-state index contributed by atoms with van der Waals surface area (Å²) in [5.41, 5.74) is 0.531. The Morgan fingerprint density at radius 3 is 2.61 bits per heavy atom. The molecule has 0 fully saturated rings. The van der Waals surface area contributed by atoms with E-state index in [-0.39, 0.29) is 12.5 Å². The Morgan fingerprint density at radius 1 is 1.33 bits per heavy atom. The maximum absolute atomic E-state index is 11.9. The van der Waals surface area contributed by atoms with E-state index in [1.165, 1.54) is 6.26 Å². The molecule has 94 valence electrons. The molecule has 1 heterocycles. The van der Waals surface area contributed by atoms with Gasteiger partial charge in [0.2, 0.25) is 0 Å². The van der Waals surface area contributed by atoms with E-state index in [0.717, 1.165) is 4.47 Å². The quantitative estimate of drug-likeness (QED) is 0.912. The van der Waals surface area contributed by atoms with Crippen LogP contribution in [0, 0.1) is 0 Å². The molecule has 18 heavy (non-hydrogen) atoms. The summed E-state index contributed by atoms with van der Waals surface area (Å²) in [6, 6.07) is 9.88. The van der Waals surface area contributed by atoms with Gasteiger partial charge in [0, 0.05) is 10.0 Å². The molecule has 1 atom stereocenters. The van der Waals surface area contributed by atoms with E-state index in [1.54, 1.807) is 36.4 Å². The lowest BCUT2D eigenvalue weighted by Gasteiger charge is -2.13. The Labute approximate surface area is 113 Å². The molecule has 0 aliphatic rings. The van der Waals surface area contributed by atoms with Gasteiger partial charge < -0.3 is 14.8 Å². The van der Waals surface area contributed by atoms with Crippen molar-refractivity contribution in [2.24, 2.45) is 0 Å². The summed E-state index contributed by atoms with van der Waals surface area (Å²) < 4.78 is 6.07. The predicted octanol–water partition coefficient (Wildman–Crippen LogP) is 2.51. The lowest BCUT2D eigenvalue weighted by molar-refractivity contribution is 0.0907. The number of aliphatic hydroxyl groups excluding tert-OH is 1. The molecule has 0 saturated heterocycles. The molecule has 0 radical (unpaired) electrons. The first-order chi connectivity index (χ1) is 8.70. The van der Waals surface area contributed by atoms with E-state index in [0.29, 0.717) is 11.3 Å². The Balaban J connectivity index is 2.08. The number of amides is 1. The molecule has 5 heteroatoms. The molecular formula is C13H12BrNO3. The Kier molecular flexibility index (Phi) is 4.17. The Morgan fingerprint density at radius 2 is 2.06 bits per heavy atom. The van der Waals surface area contributed by atoms with Crippen molar-refractivity contribution in [2.45, 2.75) is 6.04 Å². The van der Waals surface area contributed by atoms with Crippen molar-refractivity contribution in [3.05, 3.63) is 58.5 Å². The number of rotatable bonds is 4. The van der Waals surface area contributed by atoms with Gasteiger partial charge in [-0.25, -0.2) is 0 Å². The minimum Gasteiger partial charge on any atom is -0.467 e. The molecule has 1 aromatic carbocycles. The van der Waals surface area contributed by atoms with Crippen molar-refractivity contribution in [3.8, 4) is 0 Å². The topological polar surface area (TPSA) is 62.5 Å². The third-order valence-corrected chi connectivity index (χ3v) is 3.01. The number of furan rings is 1. The largest absolute Gasteiger partial charge is 0.467 e. The van der Waals surface area contributed by atoms with Gasteiger partial charge in [0.25, 0.3) is 5.91 Å². The van der Waals surface area contributed by atoms with Crippen LogP contribution in [0.2, 0.25) is 0 Å². The maximum Gasteiger partial charge on any atom is 0.251 e. The normalized spacial score (nSPS) is 12.1. The third kappa shape index (κ3) is 3.00. The summed E-state index contributed by atoms with van der Waals surface area (Å²) in [7, 11) is 0. The van der Waals surface area contributed by atoms with Crippen LogP contribution in [0.3, 0.4) is 0 Å². The molecule has 0 aliphatic carbocycles. The number of aliphatic hydroxyl groups is 1. The zero-order chi connectivity index (χ0) is 13.0. The highest BCUT2D eigenvalue weighted by atomic mass is 79.9. The minimum atomic E-state index is -0.531. The molecule has 2 N–H and O–H groups in total. The summed E-state index contributed by atoms with van der Waals surface area (Å²) in [5.74, 6) is 0.279. The first kappa shape index (κ1) is 12.9. The number of benzene rings is 1. The zero-order valence-electron chi connectivity index (χ0n) is 9.47. The van der Waals surface area contributed by atoms with Gasteiger partial charge in [-0.2, -0.15) is 0 Å². The Hall–Kier alpha value is -1.59. The molecule has 0 saturated carbocycles. The van der Waals surface area contributed by atoms with Gasteiger partial charge in [0.15, 0.2) is 0 Å². The van der Waals surface area contributed by atoms with Gasteiger partial charge in [-0.05, 0) is 36.4 Å². The molecule has 0 spiro atoms. The first-order valence-electron chi connectivity index (χ1n) is 5.41. The van der Waals surface area contributed by atoms with Gasteiger partial charge in [-0.1, -0.05) is 15.9 Å². The van der Waals surface area contributed by atoms with Gasteiger partial charge in [0.05, 0.1) is 12.9 Å². The number of halogens is 1. The molecule has 0 bridgehead atoms. The van der Waals surface area contributed by atoms with Gasteiger partial charge in [-0.15, -0.1) is 0 Å².